The van der Waals surface area contributed by atoms with Crippen molar-refractivity contribution in [2.45, 2.75) is 44.9 Å². The third-order valence-electron chi connectivity index (χ3n) is 3.35. The normalized spacial score (nSPS) is 25.4. The van der Waals surface area contributed by atoms with Crippen LogP contribution >= 0.6 is 11.6 Å². The second kappa shape index (κ2) is 5.85. The minimum absolute atomic E-state index is 0.375. The first-order valence-electron chi connectivity index (χ1n) is 6.32. The van der Waals surface area contributed by atoms with Gasteiger partial charge in [-0.25, -0.2) is 0 Å². The number of rotatable bonds is 5. The van der Waals surface area contributed by atoms with Crippen LogP contribution in [0.5, 0.6) is 0 Å². The Hall–Kier alpha value is -0.570. The van der Waals surface area contributed by atoms with E-state index in [-0.39, 0.29) is 0 Å². The molecule has 0 radical (unpaired) electrons. The van der Waals surface area contributed by atoms with Gasteiger partial charge in [-0.2, -0.15) is 0 Å². The number of halogens is 1. The number of ether oxygens (including phenoxy) is 1. The van der Waals surface area contributed by atoms with Crippen LogP contribution in [-0.4, -0.2) is 18.8 Å². The summed E-state index contributed by atoms with van der Waals surface area (Å²) in [5.74, 6) is 0. The lowest BCUT2D eigenvalue weighted by Crippen LogP contribution is -2.46. The lowest BCUT2D eigenvalue weighted by atomic mass is 9.88. The van der Waals surface area contributed by atoms with Crippen molar-refractivity contribution >= 4 is 11.6 Å². The summed E-state index contributed by atoms with van der Waals surface area (Å²) < 4.78 is 5.55. The van der Waals surface area contributed by atoms with Crippen molar-refractivity contribution in [3.05, 3.63) is 34.9 Å². The van der Waals surface area contributed by atoms with Crippen LogP contribution in [0.4, 0.5) is 0 Å². The molecule has 1 aromatic carbocycles. The van der Waals surface area contributed by atoms with Gasteiger partial charge in [0.25, 0.3) is 0 Å². The molecule has 0 heterocycles. The van der Waals surface area contributed by atoms with E-state index < -0.39 is 0 Å². The molecular formula is C14H20ClNO. The fourth-order valence-corrected chi connectivity index (χ4v) is 2.40. The van der Waals surface area contributed by atoms with Crippen LogP contribution in [0.15, 0.2) is 24.3 Å². The van der Waals surface area contributed by atoms with Crippen LogP contribution in [0, 0.1) is 0 Å². The van der Waals surface area contributed by atoms with Crippen LogP contribution in [0.2, 0.25) is 5.02 Å². The zero-order valence-corrected chi connectivity index (χ0v) is 11.2. The summed E-state index contributed by atoms with van der Waals surface area (Å²) in [6, 6.07) is 9.02. The average Bonchev–Trinajstić information content (AvgIpc) is 2.27. The molecule has 3 heteroatoms. The van der Waals surface area contributed by atoms with Crippen molar-refractivity contribution in [3.63, 3.8) is 0 Å². The monoisotopic (exact) mass is 253 g/mol. The molecule has 1 aliphatic rings. The molecule has 0 unspecified atom stereocenters. The molecule has 1 fully saturated rings. The fourth-order valence-electron chi connectivity index (χ4n) is 2.27. The zero-order chi connectivity index (χ0) is 12.3. The van der Waals surface area contributed by atoms with Crippen molar-refractivity contribution in [1.82, 2.24) is 5.32 Å². The van der Waals surface area contributed by atoms with E-state index in [9.17, 15) is 0 Å². The smallest absolute Gasteiger partial charge is 0.0604 e. The van der Waals surface area contributed by atoms with E-state index >= 15 is 0 Å². The Kier molecular flexibility index (Phi) is 4.43. The topological polar surface area (TPSA) is 21.3 Å². The van der Waals surface area contributed by atoms with Gasteiger partial charge in [-0.15, -0.1) is 0 Å². The van der Waals surface area contributed by atoms with Crippen molar-refractivity contribution in [3.8, 4) is 0 Å². The summed E-state index contributed by atoms with van der Waals surface area (Å²) in [6.45, 7) is 5.07. The molecule has 2 nitrogen and oxygen atoms in total. The minimum atomic E-state index is 0.375. The fraction of sp³-hybridized carbons (Fsp3) is 0.571. The first kappa shape index (κ1) is 12.9. The van der Waals surface area contributed by atoms with Crippen molar-refractivity contribution in [2.75, 3.05) is 6.61 Å². The van der Waals surface area contributed by atoms with Gasteiger partial charge in [0.1, 0.15) is 0 Å². The predicted octanol–water partition coefficient (Wildman–Crippen LogP) is 3.56. The van der Waals surface area contributed by atoms with E-state index in [1.54, 1.807) is 0 Å². The molecule has 1 aliphatic carbocycles. The van der Waals surface area contributed by atoms with Crippen LogP contribution in [-0.2, 0) is 4.74 Å². The quantitative estimate of drug-likeness (QED) is 0.867. The van der Waals surface area contributed by atoms with Gasteiger partial charge in [-0.05, 0) is 44.4 Å². The Balaban J connectivity index is 1.78. The molecule has 1 aromatic rings. The van der Waals surface area contributed by atoms with Crippen molar-refractivity contribution < 1.29 is 4.74 Å². The molecular weight excluding hydrogens is 234 g/mol. The van der Waals surface area contributed by atoms with E-state index in [2.05, 4.69) is 31.3 Å². The highest BCUT2D eigenvalue weighted by atomic mass is 35.5. The van der Waals surface area contributed by atoms with Crippen molar-refractivity contribution in [1.29, 1.82) is 0 Å². The molecule has 0 spiro atoms. The maximum atomic E-state index is 5.88. The maximum Gasteiger partial charge on any atom is 0.0604 e. The van der Waals surface area contributed by atoms with Gasteiger partial charge in [-0.3, -0.25) is 0 Å². The summed E-state index contributed by atoms with van der Waals surface area (Å²) in [5.41, 5.74) is 1.29. The van der Waals surface area contributed by atoms with Gasteiger partial charge in [0.05, 0.1) is 6.10 Å². The van der Waals surface area contributed by atoms with Crippen LogP contribution in [0.25, 0.3) is 0 Å². The summed E-state index contributed by atoms with van der Waals surface area (Å²) in [6.07, 6.45) is 2.73. The Labute approximate surface area is 108 Å². The summed E-state index contributed by atoms with van der Waals surface area (Å²) in [7, 11) is 0. The molecule has 17 heavy (non-hydrogen) atoms. The predicted molar refractivity (Wildman–Crippen MR) is 71.4 cm³/mol. The van der Waals surface area contributed by atoms with Gasteiger partial charge in [0.2, 0.25) is 0 Å². The molecule has 94 valence electrons. The lowest BCUT2D eigenvalue weighted by Gasteiger charge is -2.37. The van der Waals surface area contributed by atoms with Crippen LogP contribution < -0.4 is 5.32 Å². The Morgan fingerprint density at radius 2 is 2.00 bits per heavy atom. The van der Waals surface area contributed by atoms with Gasteiger partial charge >= 0.3 is 0 Å². The molecule has 0 amide bonds. The lowest BCUT2D eigenvalue weighted by molar-refractivity contribution is -0.0120. The van der Waals surface area contributed by atoms with Gasteiger partial charge in [0.15, 0.2) is 0 Å². The number of hydrogen-bond donors (Lipinski definition) is 1. The largest absolute Gasteiger partial charge is 0.378 e. The first-order chi connectivity index (χ1) is 8.19. The Bertz CT molecular complexity index is 346. The zero-order valence-electron chi connectivity index (χ0n) is 10.4. The van der Waals surface area contributed by atoms with E-state index in [1.165, 1.54) is 5.56 Å². The summed E-state index contributed by atoms with van der Waals surface area (Å²) in [5, 5.41) is 4.41. The summed E-state index contributed by atoms with van der Waals surface area (Å²) in [4.78, 5) is 0. The maximum absolute atomic E-state index is 5.88. The van der Waals surface area contributed by atoms with E-state index in [0.717, 1.165) is 24.5 Å². The molecule has 2 rings (SSSR count). The number of hydrogen-bond acceptors (Lipinski definition) is 2. The van der Waals surface area contributed by atoms with E-state index in [0.29, 0.717) is 18.2 Å². The molecule has 1 atom stereocenters. The van der Waals surface area contributed by atoms with Crippen LogP contribution in [0.3, 0.4) is 0 Å². The molecule has 0 bridgehead atoms. The molecule has 0 aromatic heterocycles. The Morgan fingerprint density at radius 1 is 1.35 bits per heavy atom. The van der Waals surface area contributed by atoms with Gasteiger partial charge in [0, 0.05) is 23.7 Å². The SMILES string of the molecule is CCOC1CC(N[C@@H](C)c2ccc(Cl)cc2)C1. The number of benzene rings is 1. The highest BCUT2D eigenvalue weighted by Crippen LogP contribution is 2.26. The van der Waals surface area contributed by atoms with E-state index in [4.69, 9.17) is 16.3 Å². The second-order valence-corrected chi connectivity index (χ2v) is 5.12. The number of nitrogens with one attached hydrogen (secondary N) is 1. The second-order valence-electron chi connectivity index (χ2n) is 4.69. The standard InChI is InChI=1S/C14H20ClNO/c1-3-17-14-8-13(9-14)16-10(2)11-4-6-12(15)7-5-11/h4-7,10,13-14,16H,3,8-9H2,1-2H3/t10-,13?,14?/m0/s1. The summed E-state index contributed by atoms with van der Waals surface area (Å²) >= 11 is 5.88. The third-order valence-corrected chi connectivity index (χ3v) is 3.60. The first-order valence-corrected chi connectivity index (χ1v) is 6.70. The highest BCUT2D eigenvalue weighted by molar-refractivity contribution is 6.30. The highest BCUT2D eigenvalue weighted by Gasteiger charge is 2.30. The molecule has 0 aliphatic heterocycles. The van der Waals surface area contributed by atoms with Gasteiger partial charge in [-0.1, -0.05) is 23.7 Å². The van der Waals surface area contributed by atoms with E-state index in [1.807, 2.05) is 12.1 Å². The third kappa shape index (κ3) is 3.44. The molecule has 1 saturated carbocycles. The minimum Gasteiger partial charge on any atom is -0.378 e. The van der Waals surface area contributed by atoms with Crippen molar-refractivity contribution in [2.24, 2.45) is 0 Å². The molecule has 0 saturated heterocycles. The van der Waals surface area contributed by atoms with Crippen LogP contribution in [0.1, 0.15) is 38.3 Å². The average molecular weight is 254 g/mol. The van der Waals surface area contributed by atoms with Gasteiger partial charge < -0.3 is 10.1 Å². The molecule has 1 N–H and O–H groups in total. The Morgan fingerprint density at radius 3 is 2.59 bits per heavy atom.